The van der Waals surface area contributed by atoms with E-state index in [0.717, 1.165) is 54.4 Å². The van der Waals surface area contributed by atoms with Crippen LogP contribution in [-0.4, -0.2) is 29.1 Å². The molecule has 2 aliphatic rings. The Bertz CT molecular complexity index is 942. The highest BCUT2D eigenvalue weighted by atomic mass is 19.1. The van der Waals surface area contributed by atoms with Crippen molar-refractivity contribution in [3.63, 3.8) is 0 Å². The van der Waals surface area contributed by atoms with Crippen molar-refractivity contribution >= 4 is 11.0 Å². The van der Waals surface area contributed by atoms with E-state index in [1.54, 1.807) is 18.4 Å². The Labute approximate surface area is 152 Å². The summed E-state index contributed by atoms with van der Waals surface area (Å²) in [4.78, 5) is 2.38. The lowest BCUT2D eigenvalue weighted by Crippen LogP contribution is -2.43. The van der Waals surface area contributed by atoms with E-state index in [2.05, 4.69) is 23.1 Å². The molecule has 1 fully saturated rings. The van der Waals surface area contributed by atoms with Gasteiger partial charge in [-0.05, 0) is 73.2 Å². The number of para-hydroxylation sites is 1. The first kappa shape index (κ1) is 16.0. The van der Waals surface area contributed by atoms with Crippen molar-refractivity contribution in [1.29, 1.82) is 0 Å². The largest absolute Gasteiger partial charge is 0.464 e. The number of nitrogens with zero attached hydrogens (tertiary/aromatic N) is 1. The van der Waals surface area contributed by atoms with Gasteiger partial charge in [0.25, 0.3) is 0 Å². The topological polar surface area (TPSA) is 36.6 Å². The van der Waals surface area contributed by atoms with E-state index in [0.29, 0.717) is 5.92 Å². The highest BCUT2D eigenvalue weighted by molar-refractivity contribution is 5.80. The van der Waals surface area contributed by atoms with Gasteiger partial charge in [0, 0.05) is 11.4 Å². The van der Waals surface area contributed by atoms with Crippen LogP contribution in [-0.2, 0) is 6.42 Å². The van der Waals surface area contributed by atoms with Crippen LogP contribution in [0.15, 0.2) is 53.1 Å². The number of rotatable bonds is 2. The maximum Gasteiger partial charge on any atom is 0.137 e. The van der Waals surface area contributed by atoms with Crippen molar-refractivity contribution in [3.8, 4) is 0 Å². The molecule has 0 saturated carbocycles. The van der Waals surface area contributed by atoms with E-state index in [1.165, 1.54) is 11.6 Å². The molecular weight excluding hydrogens is 329 g/mol. The molecule has 2 heterocycles. The Morgan fingerprint density at radius 3 is 2.73 bits per heavy atom. The molecule has 26 heavy (non-hydrogen) atoms. The molecule has 0 spiro atoms. The van der Waals surface area contributed by atoms with Gasteiger partial charge < -0.3 is 9.52 Å². The van der Waals surface area contributed by atoms with Gasteiger partial charge in [-0.1, -0.05) is 24.3 Å². The summed E-state index contributed by atoms with van der Waals surface area (Å²) in [5.41, 5.74) is 4.14. The van der Waals surface area contributed by atoms with Crippen molar-refractivity contribution in [1.82, 2.24) is 4.90 Å². The van der Waals surface area contributed by atoms with Gasteiger partial charge in [0.1, 0.15) is 11.4 Å². The summed E-state index contributed by atoms with van der Waals surface area (Å²) in [6.45, 7) is 1.89. The van der Waals surface area contributed by atoms with Gasteiger partial charge in [-0.3, -0.25) is 4.90 Å². The molecule has 2 atom stereocenters. The minimum absolute atomic E-state index is 0.0622. The van der Waals surface area contributed by atoms with E-state index in [4.69, 9.17) is 4.42 Å². The van der Waals surface area contributed by atoms with Crippen LogP contribution in [0.5, 0.6) is 0 Å². The number of hydrogen-bond acceptors (Lipinski definition) is 3. The third-order valence-corrected chi connectivity index (χ3v) is 6.17. The van der Waals surface area contributed by atoms with E-state index >= 15 is 0 Å². The summed E-state index contributed by atoms with van der Waals surface area (Å²) >= 11 is 0. The number of hydrogen-bond donors (Lipinski definition) is 1. The molecule has 4 heteroatoms. The van der Waals surface area contributed by atoms with E-state index in [9.17, 15) is 9.50 Å². The van der Waals surface area contributed by atoms with Crippen LogP contribution >= 0.6 is 0 Å². The maximum absolute atomic E-state index is 13.5. The number of benzene rings is 2. The molecule has 2 aromatic carbocycles. The average Bonchev–Trinajstić information content (AvgIpc) is 3.26. The molecule has 5 rings (SSSR count). The fraction of sp³-hybridized carbons (Fsp3) is 0.364. The van der Waals surface area contributed by atoms with Crippen LogP contribution in [0.4, 0.5) is 4.39 Å². The van der Waals surface area contributed by atoms with Crippen molar-refractivity contribution in [2.24, 2.45) is 0 Å². The molecule has 1 aliphatic carbocycles. The molecular formula is C22H22FNO2. The van der Waals surface area contributed by atoms with Crippen molar-refractivity contribution in [3.05, 3.63) is 71.2 Å². The Kier molecular flexibility index (Phi) is 3.84. The average molecular weight is 351 g/mol. The minimum atomic E-state index is -0.518. The number of fused-ring (bicyclic) bond motifs is 2. The van der Waals surface area contributed by atoms with Gasteiger partial charge in [0.2, 0.25) is 0 Å². The van der Waals surface area contributed by atoms with Crippen LogP contribution < -0.4 is 0 Å². The molecule has 0 radical (unpaired) electrons. The zero-order chi connectivity index (χ0) is 17.7. The smallest absolute Gasteiger partial charge is 0.137 e. The quantitative estimate of drug-likeness (QED) is 0.743. The molecule has 3 aromatic rings. The van der Waals surface area contributed by atoms with Crippen LogP contribution in [0.2, 0.25) is 0 Å². The fourth-order valence-electron chi connectivity index (χ4n) is 4.79. The highest BCUT2D eigenvalue weighted by Gasteiger charge is 2.37. The molecule has 0 bridgehead atoms. The van der Waals surface area contributed by atoms with Gasteiger partial charge in [0.15, 0.2) is 0 Å². The SMILES string of the molecule is O[C@@H]1c2ccc(F)cc2C[C@H]1N1CCC(c2cccc3ccoc23)CC1. The predicted octanol–water partition coefficient (Wildman–Crippen LogP) is 4.41. The Morgan fingerprint density at radius 1 is 1.04 bits per heavy atom. The maximum atomic E-state index is 13.5. The molecule has 0 amide bonds. The number of piperidine rings is 1. The number of halogens is 1. The fourth-order valence-corrected chi connectivity index (χ4v) is 4.79. The van der Waals surface area contributed by atoms with Crippen LogP contribution in [0.25, 0.3) is 11.0 Å². The standard InChI is InChI=1S/C22H22FNO2/c23-17-4-5-18-16(12-17)13-20(21(18)25)24-9-6-14(7-10-24)19-3-1-2-15-8-11-26-22(15)19/h1-5,8,11-12,14,20-21,25H,6-7,9-10,13H2/t20-,21-/m1/s1. The lowest BCUT2D eigenvalue weighted by molar-refractivity contribution is 0.0458. The summed E-state index contributed by atoms with van der Waals surface area (Å²) in [5, 5.41) is 11.9. The molecule has 134 valence electrons. The molecule has 1 aromatic heterocycles. The van der Waals surface area contributed by atoms with Crippen molar-refractivity contribution in [2.75, 3.05) is 13.1 Å². The van der Waals surface area contributed by atoms with Crippen LogP contribution in [0, 0.1) is 5.82 Å². The van der Waals surface area contributed by atoms with Gasteiger partial charge in [-0.2, -0.15) is 0 Å². The molecule has 3 nitrogen and oxygen atoms in total. The Morgan fingerprint density at radius 2 is 1.88 bits per heavy atom. The number of aliphatic hydroxyl groups excluding tert-OH is 1. The second-order valence-electron chi connectivity index (χ2n) is 7.56. The lowest BCUT2D eigenvalue weighted by atomic mass is 9.87. The summed E-state index contributed by atoms with van der Waals surface area (Å²) in [7, 11) is 0. The number of aliphatic hydroxyl groups is 1. The first-order chi connectivity index (χ1) is 12.7. The second kappa shape index (κ2) is 6.22. The second-order valence-corrected chi connectivity index (χ2v) is 7.56. The van der Waals surface area contributed by atoms with E-state index < -0.39 is 6.10 Å². The number of furan rings is 1. The summed E-state index contributed by atoms with van der Waals surface area (Å²) in [6, 6.07) is 13.2. The van der Waals surface area contributed by atoms with Crippen molar-refractivity contribution in [2.45, 2.75) is 37.3 Å². The molecule has 1 N–H and O–H groups in total. The van der Waals surface area contributed by atoms with Gasteiger partial charge in [0.05, 0.1) is 12.4 Å². The molecule has 1 saturated heterocycles. The zero-order valence-corrected chi connectivity index (χ0v) is 14.6. The summed E-state index contributed by atoms with van der Waals surface area (Å²) < 4.78 is 19.2. The predicted molar refractivity (Wildman–Crippen MR) is 98.6 cm³/mol. The third kappa shape index (κ3) is 2.56. The zero-order valence-electron chi connectivity index (χ0n) is 14.6. The summed E-state index contributed by atoms with van der Waals surface area (Å²) in [6.07, 6.45) is 4.07. The number of likely N-dealkylation sites (tertiary alicyclic amines) is 1. The first-order valence-corrected chi connectivity index (χ1v) is 9.37. The Balaban J connectivity index is 1.31. The van der Waals surface area contributed by atoms with Crippen LogP contribution in [0.1, 0.15) is 41.6 Å². The van der Waals surface area contributed by atoms with E-state index in [1.807, 2.05) is 6.07 Å². The van der Waals surface area contributed by atoms with Gasteiger partial charge in [-0.15, -0.1) is 0 Å². The lowest BCUT2D eigenvalue weighted by Gasteiger charge is -2.37. The summed E-state index contributed by atoms with van der Waals surface area (Å²) in [5.74, 6) is 0.265. The third-order valence-electron chi connectivity index (χ3n) is 6.17. The van der Waals surface area contributed by atoms with Gasteiger partial charge in [-0.25, -0.2) is 4.39 Å². The first-order valence-electron chi connectivity index (χ1n) is 9.37. The van der Waals surface area contributed by atoms with Crippen LogP contribution in [0.3, 0.4) is 0 Å². The van der Waals surface area contributed by atoms with E-state index in [-0.39, 0.29) is 11.9 Å². The molecule has 0 unspecified atom stereocenters. The van der Waals surface area contributed by atoms with Gasteiger partial charge >= 0.3 is 0 Å². The normalized spacial score (nSPS) is 24.2. The minimum Gasteiger partial charge on any atom is -0.464 e. The highest BCUT2D eigenvalue weighted by Crippen LogP contribution is 2.39. The molecule has 1 aliphatic heterocycles. The Hall–Kier alpha value is -2.17. The monoisotopic (exact) mass is 351 g/mol. The van der Waals surface area contributed by atoms with Crippen molar-refractivity contribution < 1.29 is 13.9 Å².